The molecule has 1 aromatic heterocycles. The molecule has 4 heteroatoms. The summed E-state index contributed by atoms with van der Waals surface area (Å²) in [5.41, 5.74) is 7.06. The molecular weight excluding hydrogens is 416 g/mol. The van der Waals surface area contributed by atoms with Gasteiger partial charge in [0, 0.05) is 18.3 Å². The number of nitrogens with zero attached hydrogens (tertiary/aromatic N) is 3. The van der Waals surface area contributed by atoms with Gasteiger partial charge in [-0.15, -0.1) is 0 Å². The highest BCUT2D eigenvalue weighted by Crippen LogP contribution is 2.31. The van der Waals surface area contributed by atoms with Crippen LogP contribution in [0.15, 0.2) is 85.1 Å². The van der Waals surface area contributed by atoms with Crippen molar-refractivity contribution >= 4 is 17.5 Å². The van der Waals surface area contributed by atoms with Gasteiger partial charge in [0.05, 0.1) is 11.7 Å². The third-order valence-electron chi connectivity index (χ3n) is 5.87. The molecule has 0 bridgehead atoms. The van der Waals surface area contributed by atoms with Crippen LogP contribution in [0.5, 0.6) is 0 Å². The summed E-state index contributed by atoms with van der Waals surface area (Å²) in [6.45, 7) is 8.23. The van der Waals surface area contributed by atoms with Crippen molar-refractivity contribution in [1.82, 2.24) is 9.97 Å². The fraction of sp³-hybridized carbons (Fsp3) is 0.200. The van der Waals surface area contributed by atoms with Crippen LogP contribution in [0.2, 0.25) is 0 Å². The Hall–Kier alpha value is -4.10. The van der Waals surface area contributed by atoms with E-state index < -0.39 is 0 Å². The van der Waals surface area contributed by atoms with Crippen LogP contribution in [-0.2, 0) is 6.42 Å². The number of hydrogen-bond donors (Lipinski definition) is 1. The van der Waals surface area contributed by atoms with Crippen LogP contribution in [0.25, 0.3) is 11.1 Å². The van der Waals surface area contributed by atoms with E-state index in [0.29, 0.717) is 5.95 Å². The van der Waals surface area contributed by atoms with E-state index in [1.54, 1.807) is 6.20 Å². The molecule has 34 heavy (non-hydrogen) atoms. The Balaban J connectivity index is 1.61. The second-order valence-corrected chi connectivity index (χ2v) is 8.26. The SMILES string of the molecule is CC#CN(c1ccnc(N[C@@H](C)c2ccccc2)n1)c1ccc(-c2ccc(CC)cc2)cc1C. The predicted molar refractivity (Wildman–Crippen MR) is 142 cm³/mol. The topological polar surface area (TPSA) is 41.1 Å². The van der Waals surface area contributed by atoms with Crippen LogP contribution < -0.4 is 10.2 Å². The highest BCUT2D eigenvalue weighted by molar-refractivity contribution is 5.74. The molecule has 0 radical (unpaired) electrons. The minimum absolute atomic E-state index is 0.0854. The zero-order valence-corrected chi connectivity index (χ0v) is 20.2. The molecule has 0 spiro atoms. The van der Waals surface area contributed by atoms with Crippen molar-refractivity contribution in [3.8, 4) is 23.1 Å². The molecule has 0 aliphatic rings. The van der Waals surface area contributed by atoms with E-state index in [1.165, 1.54) is 22.3 Å². The van der Waals surface area contributed by atoms with E-state index in [4.69, 9.17) is 4.98 Å². The van der Waals surface area contributed by atoms with Crippen molar-refractivity contribution in [2.24, 2.45) is 0 Å². The Morgan fingerprint density at radius 1 is 0.941 bits per heavy atom. The summed E-state index contributed by atoms with van der Waals surface area (Å²) in [6, 6.07) is 30.7. The van der Waals surface area contributed by atoms with Crippen LogP contribution in [0.3, 0.4) is 0 Å². The maximum absolute atomic E-state index is 4.78. The number of aromatic nitrogens is 2. The molecule has 0 amide bonds. The number of anilines is 3. The Labute approximate surface area is 202 Å². The van der Waals surface area contributed by atoms with Gasteiger partial charge in [-0.1, -0.05) is 73.5 Å². The van der Waals surface area contributed by atoms with Crippen LogP contribution in [0.4, 0.5) is 17.5 Å². The largest absolute Gasteiger partial charge is 0.348 e. The molecule has 3 aromatic carbocycles. The summed E-state index contributed by atoms with van der Waals surface area (Å²) in [5, 5.41) is 3.40. The average Bonchev–Trinajstić information content (AvgIpc) is 2.88. The molecular formula is C30H30N4. The van der Waals surface area contributed by atoms with Crippen LogP contribution in [0.1, 0.15) is 43.5 Å². The third-order valence-corrected chi connectivity index (χ3v) is 5.87. The summed E-state index contributed by atoms with van der Waals surface area (Å²) in [5.74, 6) is 4.34. The predicted octanol–water partition coefficient (Wildman–Crippen LogP) is 7.31. The van der Waals surface area contributed by atoms with Gasteiger partial charge in [-0.25, -0.2) is 4.98 Å². The van der Waals surface area contributed by atoms with Crippen molar-refractivity contribution < 1.29 is 0 Å². The Morgan fingerprint density at radius 3 is 2.35 bits per heavy atom. The van der Waals surface area contributed by atoms with E-state index in [2.05, 4.69) is 97.6 Å². The van der Waals surface area contributed by atoms with Crippen molar-refractivity contribution in [3.63, 3.8) is 0 Å². The summed E-state index contributed by atoms with van der Waals surface area (Å²) in [7, 11) is 0. The van der Waals surface area contributed by atoms with Crippen molar-refractivity contribution in [1.29, 1.82) is 0 Å². The summed E-state index contributed by atoms with van der Waals surface area (Å²) in [6.07, 6.45) is 2.81. The summed E-state index contributed by atoms with van der Waals surface area (Å²) >= 11 is 0. The number of hydrogen-bond acceptors (Lipinski definition) is 4. The van der Waals surface area contributed by atoms with Crippen molar-refractivity contribution in [2.45, 2.75) is 40.2 Å². The fourth-order valence-corrected chi connectivity index (χ4v) is 3.93. The van der Waals surface area contributed by atoms with E-state index >= 15 is 0 Å². The molecule has 0 aliphatic carbocycles. The lowest BCUT2D eigenvalue weighted by Gasteiger charge is -2.21. The second kappa shape index (κ2) is 10.7. The normalized spacial score (nSPS) is 11.3. The fourth-order valence-electron chi connectivity index (χ4n) is 3.93. The lowest BCUT2D eigenvalue weighted by atomic mass is 10.0. The van der Waals surface area contributed by atoms with E-state index in [0.717, 1.165) is 23.5 Å². The molecule has 4 rings (SSSR count). The monoisotopic (exact) mass is 446 g/mol. The summed E-state index contributed by atoms with van der Waals surface area (Å²) < 4.78 is 0. The van der Waals surface area contributed by atoms with Crippen LogP contribution in [-0.4, -0.2) is 9.97 Å². The highest BCUT2D eigenvalue weighted by Gasteiger charge is 2.14. The Morgan fingerprint density at radius 2 is 1.68 bits per heavy atom. The molecule has 1 heterocycles. The molecule has 0 unspecified atom stereocenters. The molecule has 0 fully saturated rings. The van der Waals surface area contributed by atoms with E-state index in [-0.39, 0.29) is 6.04 Å². The molecule has 1 atom stereocenters. The maximum Gasteiger partial charge on any atom is 0.225 e. The van der Waals surface area contributed by atoms with E-state index in [9.17, 15) is 0 Å². The highest BCUT2D eigenvalue weighted by atomic mass is 15.2. The molecule has 170 valence electrons. The van der Waals surface area contributed by atoms with Crippen LogP contribution >= 0.6 is 0 Å². The molecule has 4 nitrogen and oxygen atoms in total. The molecule has 1 N–H and O–H groups in total. The average molecular weight is 447 g/mol. The minimum Gasteiger partial charge on any atom is -0.348 e. The van der Waals surface area contributed by atoms with Gasteiger partial charge in [0.1, 0.15) is 5.82 Å². The molecule has 0 saturated heterocycles. The zero-order valence-electron chi connectivity index (χ0n) is 20.2. The van der Waals surface area contributed by atoms with Gasteiger partial charge >= 0.3 is 0 Å². The Kier molecular flexibility index (Phi) is 7.25. The molecule has 0 saturated carbocycles. The van der Waals surface area contributed by atoms with Gasteiger partial charge in [0.2, 0.25) is 5.95 Å². The first kappa shape index (κ1) is 23.1. The Bertz CT molecular complexity index is 1300. The third kappa shape index (κ3) is 5.27. The second-order valence-electron chi connectivity index (χ2n) is 8.26. The van der Waals surface area contributed by atoms with Gasteiger partial charge in [0.15, 0.2) is 0 Å². The molecule has 0 aliphatic heterocycles. The standard InChI is InChI=1S/C30H30N4/c1-5-20-34(28-17-16-27(21-22(28)3)26-14-12-24(6-2)13-15-26)29-18-19-31-30(33-29)32-23(4)25-10-8-7-9-11-25/h7-19,21,23H,6H2,1-4H3,(H,31,32,33)/t23-/m0/s1. The van der Waals surface area contributed by atoms with Gasteiger partial charge in [0.25, 0.3) is 0 Å². The summed E-state index contributed by atoms with van der Waals surface area (Å²) in [4.78, 5) is 11.1. The van der Waals surface area contributed by atoms with Gasteiger partial charge in [-0.2, -0.15) is 4.98 Å². The molecule has 4 aromatic rings. The lowest BCUT2D eigenvalue weighted by molar-refractivity contribution is 0.860. The van der Waals surface area contributed by atoms with E-state index in [1.807, 2.05) is 36.1 Å². The number of nitrogens with one attached hydrogen (secondary N) is 1. The first-order valence-electron chi connectivity index (χ1n) is 11.7. The lowest BCUT2D eigenvalue weighted by Crippen LogP contribution is -2.15. The maximum atomic E-state index is 4.78. The van der Waals surface area contributed by atoms with Gasteiger partial charge in [-0.05, 0) is 67.1 Å². The van der Waals surface area contributed by atoms with Gasteiger partial charge in [-0.3, -0.25) is 4.90 Å². The first-order chi connectivity index (χ1) is 16.6. The van der Waals surface area contributed by atoms with Crippen molar-refractivity contribution in [3.05, 3.63) is 102 Å². The smallest absolute Gasteiger partial charge is 0.225 e. The zero-order chi connectivity index (χ0) is 23.9. The van der Waals surface area contributed by atoms with Crippen LogP contribution in [0, 0.1) is 18.9 Å². The van der Waals surface area contributed by atoms with Gasteiger partial charge < -0.3 is 5.32 Å². The number of aryl methyl sites for hydroxylation is 2. The number of rotatable bonds is 7. The number of benzene rings is 3. The quantitative estimate of drug-likeness (QED) is 0.239. The first-order valence-corrected chi connectivity index (χ1v) is 11.7. The van der Waals surface area contributed by atoms with Crippen molar-refractivity contribution in [2.75, 3.05) is 10.2 Å². The minimum atomic E-state index is 0.0854.